The maximum atomic E-state index is 14.9. The average Bonchev–Trinajstić information content (AvgIpc) is 3.25. The minimum atomic E-state index is -3.54. The minimum absolute atomic E-state index is 0.0305. The number of benzene rings is 3. The number of hydrazone groups is 1. The quantitative estimate of drug-likeness (QED) is 0.270. The fraction of sp³-hybridized carbons (Fsp3) is 0.160. The first kappa shape index (κ1) is 21.9. The molecule has 1 atom stereocenters. The number of rotatable bonds is 4. The van der Waals surface area contributed by atoms with Crippen LogP contribution < -0.4 is 14.8 Å². The molecule has 0 spiro atoms. The zero-order valence-electron chi connectivity index (χ0n) is 19.0. The van der Waals surface area contributed by atoms with Gasteiger partial charge in [0.15, 0.2) is 0 Å². The van der Waals surface area contributed by atoms with Crippen LogP contribution in [-0.2, 0) is 9.98 Å². The molecule has 1 N–H and O–H groups in total. The van der Waals surface area contributed by atoms with Crippen molar-refractivity contribution in [1.29, 1.82) is 0 Å². The third kappa shape index (κ3) is 3.30. The molecule has 9 heteroatoms. The highest BCUT2D eigenvalue weighted by molar-refractivity contribution is 7.72. The highest BCUT2D eigenvalue weighted by Gasteiger charge is 2.48. The number of anilines is 3. The standard InChI is InChI=1S/C25H24N5O3P/c1-25(2)21-11-7-8-12-22(21)28(3)24(25)23-17-26-29(19-9-5-4-6-10-19)34(23,33)27-18-13-15-20(16-14-18)30(31)32/h4-17H,1-3H3,(H,27,33). The van der Waals surface area contributed by atoms with Gasteiger partial charge in [-0.1, -0.05) is 50.2 Å². The maximum Gasteiger partial charge on any atom is 0.313 e. The Hall–Kier alpha value is -3.90. The van der Waals surface area contributed by atoms with Crippen LogP contribution in [0.1, 0.15) is 19.4 Å². The van der Waals surface area contributed by atoms with Crippen LogP contribution in [0.3, 0.4) is 0 Å². The number of para-hydroxylation sites is 2. The molecule has 8 nitrogen and oxygen atoms in total. The SMILES string of the molecule is CN1C(=C2C=NN(c3ccccc3)P2(=O)Nc2ccc([N+](=O)[O-])cc2)C(C)(C)c2ccccc21. The lowest BCUT2D eigenvalue weighted by molar-refractivity contribution is -0.384. The number of hydrogen-bond acceptors (Lipinski definition) is 5. The summed E-state index contributed by atoms with van der Waals surface area (Å²) >= 11 is 0. The monoisotopic (exact) mass is 473 g/mol. The molecule has 5 rings (SSSR count). The topological polar surface area (TPSA) is 91.1 Å². The molecule has 0 saturated carbocycles. The lowest BCUT2D eigenvalue weighted by Crippen LogP contribution is -2.26. The Labute approximate surface area is 197 Å². The Bertz CT molecular complexity index is 1380. The van der Waals surface area contributed by atoms with Crippen molar-refractivity contribution < 1.29 is 9.49 Å². The highest BCUT2D eigenvalue weighted by atomic mass is 31.2. The minimum Gasteiger partial charge on any atom is -0.346 e. The van der Waals surface area contributed by atoms with Gasteiger partial charge in [-0.25, -0.2) is 0 Å². The Balaban J connectivity index is 1.67. The van der Waals surface area contributed by atoms with Crippen LogP contribution >= 0.6 is 7.44 Å². The van der Waals surface area contributed by atoms with Crippen LogP contribution in [0.2, 0.25) is 0 Å². The van der Waals surface area contributed by atoms with Crippen molar-refractivity contribution in [3.05, 3.63) is 106 Å². The first-order valence-corrected chi connectivity index (χ1v) is 12.5. The summed E-state index contributed by atoms with van der Waals surface area (Å²) in [7, 11) is -1.56. The number of nitrogens with zero attached hydrogens (tertiary/aromatic N) is 4. The van der Waals surface area contributed by atoms with Crippen LogP contribution in [0.15, 0.2) is 95.0 Å². The summed E-state index contributed by atoms with van der Waals surface area (Å²) in [4.78, 5) is 12.7. The molecule has 34 heavy (non-hydrogen) atoms. The molecule has 1 unspecified atom stereocenters. The lowest BCUT2D eigenvalue weighted by Gasteiger charge is -2.31. The fourth-order valence-electron chi connectivity index (χ4n) is 4.75. The van der Waals surface area contributed by atoms with Crippen LogP contribution in [0, 0.1) is 10.1 Å². The van der Waals surface area contributed by atoms with Gasteiger partial charge in [0.05, 0.1) is 22.1 Å². The Kier molecular flexibility index (Phi) is 5.06. The van der Waals surface area contributed by atoms with Crippen molar-refractivity contribution in [2.24, 2.45) is 5.10 Å². The van der Waals surface area contributed by atoms with E-state index in [1.165, 1.54) is 16.9 Å². The lowest BCUT2D eigenvalue weighted by atomic mass is 9.84. The number of allylic oxidation sites excluding steroid dienone is 2. The third-order valence-corrected chi connectivity index (χ3v) is 8.75. The number of hydrogen-bond donors (Lipinski definition) is 1. The van der Waals surface area contributed by atoms with Crippen molar-refractivity contribution in [3.8, 4) is 0 Å². The van der Waals surface area contributed by atoms with Crippen molar-refractivity contribution in [2.45, 2.75) is 19.3 Å². The number of nitro benzene ring substituents is 1. The molecule has 0 fully saturated rings. The summed E-state index contributed by atoms with van der Waals surface area (Å²) in [6.07, 6.45) is 1.67. The maximum absolute atomic E-state index is 14.9. The van der Waals surface area contributed by atoms with Gasteiger partial charge in [0.25, 0.3) is 5.69 Å². The fourth-order valence-corrected chi connectivity index (χ4v) is 7.25. The molecule has 0 amide bonds. The second kappa shape index (κ2) is 7.85. The molecule has 0 aromatic heterocycles. The molecule has 3 aromatic carbocycles. The molecule has 2 aliphatic heterocycles. The summed E-state index contributed by atoms with van der Waals surface area (Å²) in [5.74, 6) is 0. The molecule has 0 saturated heterocycles. The second-order valence-corrected chi connectivity index (χ2v) is 11.0. The molecule has 0 aliphatic carbocycles. The second-order valence-electron chi connectivity index (χ2n) is 8.80. The molecule has 0 radical (unpaired) electrons. The number of non-ortho nitro benzene ring substituents is 1. The molecule has 0 bridgehead atoms. The molecule has 172 valence electrons. The van der Waals surface area contributed by atoms with E-state index in [1.807, 2.05) is 49.5 Å². The molecular formula is C25H24N5O3P. The van der Waals surface area contributed by atoms with Crippen molar-refractivity contribution in [2.75, 3.05) is 21.8 Å². The molecule has 2 aliphatic rings. The van der Waals surface area contributed by atoms with Gasteiger partial charge in [0, 0.05) is 41.7 Å². The Morgan fingerprint density at radius 2 is 1.62 bits per heavy atom. The molecular weight excluding hydrogens is 449 g/mol. The highest BCUT2D eigenvalue weighted by Crippen LogP contribution is 2.64. The first-order valence-electron chi connectivity index (χ1n) is 10.8. The molecule has 3 aromatic rings. The zero-order chi connectivity index (χ0) is 24.1. The number of likely N-dealkylation sites (N-methyl/N-ethyl adjacent to an activating group) is 1. The van der Waals surface area contributed by atoms with E-state index < -0.39 is 17.8 Å². The van der Waals surface area contributed by atoms with E-state index in [2.05, 4.69) is 41.1 Å². The number of nitro groups is 1. The van der Waals surface area contributed by atoms with Crippen molar-refractivity contribution in [3.63, 3.8) is 0 Å². The van der Waals surface area contributed by atoms with Gasteiger partial charge >= 0.3 is 7.44 Å². The van der Waals surface area contributed by atoms with Gasteiger partial charge in [0.1, 0.15) is 0 Å². The summed E-state index contributed by atoms with van der Waals surface area (Å²) in [5, 5.41) is 19.5. The van der Waals surface area contributed by atoms with Crippen LogP contribution in [0.25, 0.3) is 0 Å². The zero-order valence-corrected chi connectivity index (χ0v) is 19.9. The summed E-state index contributed by atoms with van der Waals surface area (Å²) in [5.41, 5.74) is 3.85. The predicted octanol–water partition coefficient (Wildman–Crippen LogP) is 6.35. The van der Waals surface area contributed by atoms with Gasteiger partial charge in [-0.2, -0.15) is 9.88 Å². The van der Waals surface area contributed by atoms with Crippen LogP contribution in [0.5, 0.6) is 0 Å². The number of nitrogens with one attached hydrogen (secondary N) is 1. The Morgan fingerprint density at radius 3 is 2.26 bits per heavy atom. The van der Waals surface area contributed by atoms with E-state index in [0.717, 1.165) is 16.9 Å². The van der Waals surface area contributed by atoms with Crippen LogP contribution in [-0.4, -0.2) is 18.2 Å². The van der Waals surface area contributed by atoms with Gasteiger partial charge in [0.2, 0.25) is 0 Å². The summed E-state index contributed by atoms with van der Waals surface area (Å²) in [6.45, 7) is 4.24. The van der Waals surface area contributed by atoms with Gasteiger partial charge in [-0.05, 0) is 35.9 Å². The third-order valence-electron chi connectivity index (χ3n) is 6.34. The van der Waals surface area contributed by atoms with Crippen molar-refractivity contribution >= 4 is 36.4 Å². The van der Waals surface area contributed by atoms with E-state index in [4.69, 9.17) is 0 Å². The predicted molar refractivity (Wildman–Crippen MR) is 137 cm³/mol. The van der Waals surface area contributed by atoms with E-state index in [-0.39, 0.29) is 5.69 Å². The number of fused-ring (bicyclic) bond motifs is 1. The van der Waals surface area contributed by atoms with E-state index >= 15 is 0 Å². The van der Waals surface area contributed by atoms with E-state index in [9.17, 15) is 14.7 Å². The first-order chi connectivity index (χ1) is 16.2. The van der Waals surface area contributed by atoms with E-state index in [0.29, 0.717) is 16.7 Å². The van der Waals surface area contributed by atoms with Gasteiger partial charge < -0.3 is 9.99 Å². The van der Waals surface area contributed by atoms with E-state index in [1.54, 1.807) is 18.3 Å². The van der Waals surface area contributed by atoms with Crippen LogP contribution in [0.4, 0.5) is 22.7 Å². The average molecular weight is 473 g/mol. The summed E-state index contributed by atoms with van der Waals surface area (Å²) in [6, 6.07) is 23.4. The Morgan fingerprint density at radius 1 is 0.971 bits per heavy atom. The summed E-state index contributed by atoms with van der Waals surface area (Å²) < 4.78 is 16.4. The normalized spacial score (nSPS) is 22.7. The van der Waals surface area contributed by atoms with Gasteiger partial charge in [-0.3, -0.25) is 14.7 Å². The van der Waals surface area contributed by atoms with Crippen molar-refractivity contribution in [1.82, 2.24) is 0 Å². The smallest absolute Gasteiger partial charge is 0.313 e. The molecule has 2 heterocycles. The largest absolute Gasteiger partial charge is 0.346 e. The van der Waals surface area contributed by atoms with Gasteiger partial charge in [-0.15, -0.1) is 0 Å².